The Morgan fingerprint density at radius 1 is 0.733 bits per heavy atom. The molecule has 3 aromatic carbocycles. The summed E-state index contributed by atoms with van der Waals surface area (Å²) in [5.41, 5.74) is 2.64. The van der Waals surface area contributed by atoms with Gasteiger partial charge in [-0.15, -0.1) is 6.42 Å². The summed E-state index contributed by atoms with van der Waals surface area (Å²) in [6, 6.07) is 22.1. The van der Waals surface area contributed by atoms with Gasteiger partial charge >= 0.3 is 0 Å². The van der Waals surface area contributed by atoms with E-state index in [9.17, 15) is 14.4 Å². The summed E-state index contributed by atoms with van der Waals surface area (Å²) in [5, 5.41) is 7.99. The lowest BCUT2D eigenvalue weighted by molar-refractivity contribution is -0.115. The first kappa shape index (κ1) is 20.4. The number of amides is 3. The number of anilines is 2. The summed E-state index contributed by atoms with van der Waals surface area (Å²) in [5.74, 6) is 1.42. The molecule has 6 nitrogen and oxygen atoms in total. The van der Waals surface area contributed by atoms with Gasteiger partial charge in [-0.3, -0.25) is 14.4 Å². The zero-order valence-electron chi connectivity index (χ0n) is 16.0. The van der Waals surface area contributed by atoms with E-state index in [0.29, 0.717) is 28.1 Å². The van der Waals surface area contributed by atoms with E-state index in [1.807, 2.05) is 18.2 Å². The summed E-state index contributed by atoms with van der Waals surface area (Å²) < 4.78 is 0. The van der Waals surface area contributed by atoms with Crippen LogP contribution in [0.5, 0.6) is 0 Å². The molecule has 0 heterocycles. The number of carbonyl (C=O) groups is 3. The molecular formula is C24H19N3O3. The van der Waals surface area contributed by atoms with Crippen molar-refractivity contribution in [2.75, 3.05) is 17.2 Å². The summed E-state index contributed by atoms with van der Waals surface area (Å²) in [7, 11) is 0. The maximum Gasteiger partial charge on any atom is 0.255 e. The highest BCUT2D eigenvalue weighted by atomic mass is 16.2. The lowest BCUT2D eigenvalue weighted by Crippen LogP contribution is -2.32. The van der Waals surface area contributed by atoms with Gasteiger partial charge in [0, 0.05) is 28.1 Å². The normalized spacial score (nSPS) is 9.83. The van der Waals surface area contributed by atoms with Crippen LogP contribution in [0.15, 0.2) is 78.9 Å². The van der Waals surface area contributed by atoms with E-state index < -0.39 is 5.91 Å². The molecule has 0 atom stereocenters. The van der Waals surface area contributed by atoms with E-state index in [1.165, 1.54) is 12.1 Å². The van der Waals surface area contributed by atoms with Crippen LogP contribution >= 0.6 is 0 Å². The van der Waals surface area contributed by atoms with Crippen LogP contribution in [0.3, 0.4) is 0 Å². The lowest BCUT2D eigenvalue weighted by atomic mass is 10.1. The van der Waals surface area contributed by atoms with Crippen molar-refractivity contribution in [2.24, 2.45) is 0 Å². The molecule has 0 radical (unpaired) electrons. The van der Waals surface area contributed by atoms with Gasteiger partial charge in [-0.1, -0.05) is 30.2 Å². The monoisotopic (exact) mass is 397 g/mol. The Morgan fingerprint density at radius 3 is 2.03 bits per heavy atom. The fraction of sp³-hybridized carbons (Fsp3) is 0.0417. The summed E-state index contributed by atoms with van der Waals surface area (Å²) >= 11 is 0. The minimum absolute atomic E-state index is 0.199. The number of rotatable bonds is 6. The molecule has 3 aromatic rings. The Balaban J connectivity index is 1.52. The van der Waals surface area contributed by atoms with Crippen LogP contribution < -0.4 is 16.0 Å². The SMILES string of the molecule is C#Cc1cccc(NC(=O)CNC(=O)c2ccc(C(=O)Nc3ccccc3)cc2)c1. The molecule has 0 unspecified atom stereocenters. The zero-order valence-corrected chi connectivity index (χ0v) is 16.0. The molecule has 0 spiro atoms. The average molecular weight is 397 g/mol. The molecule has 0 bridgehead atoms. The van der Waals surface area contributed by atoms with E-state index in [0.717, 1.165) is 0 Å². The second-order valence-electron chi connectivity index (χ2n) is 6.35. The number of terminal acetylenes is 1. The molecule has 0 aromatic heterocycles. The van der Waals surface area contributed by atoms with Gasteiger partial charge < -0.3 is 16.0 Å². The molecule has 0 aliphatic heterocycles. The smallest absolute Gasteiger partial charge is 0.255 e. The van der Waals surface area contributed by atoms with Crippen molar-refractivity contribution in [3.05, 3.63) is 95.6 Å². The second kappa shape index (κ2) is 9.71. The van der Waals surface area contributed by atoms with Gasteiger partial charge in [-0.05, 0) is 54.6 Å². The summed E-state index contributed by atoms with van der Waals surface area (Å²) in [6.45, 7) is -0.199. The van der Waals surface area contributed by atoms with Crippen molar-refractivity contribution < 1.29 is 14.4 Å². The molecule has 3 rings (SSSR count). The maximum atomic E-state index is 12.3. The van der Waals surface area contributed by atoms with E-state index in [2.05, 4.69) is 21.9 Å². The number of nitrogens with one attached hydrogen (secondary N) is 3. The fourth-order valence-corrected chi connectivity index (χ4v) is 2.65. The van der Waals surface area contributed by atoms with Gasteiger partial charge in [-0.2, -0.15) is 0 Å². The first-order chi connectivity index (χ1) is 14.5. The topological polar surface area (TPSA) is 87.3 Å². The first-order valence-electron chi connectivity index (χ1n) is 9.16. The highest BCUT2D eigenvalue weighted by molar-refractivity contribution is 6.05. The quantitative estimate of drug-likeness (QED) is 0.558. The van der Waals surface area contributed by atoms with E-state index in [1.54, 1.807) is 48.5 Å². The van der Waals surface area contributed by atoms with Crippen molar-refractivity contribution in [1.82, 2.24) is 5.32 Å². The van der Waals surface area contributed by atoms with Crippen LogP contribution in [0.1, 0.15) is 26.3 Å². The van der Waals surface area contributed by atoms with Crippen molar-refractivity contribution in [1.29, 1.82) is 0 Å². The lowest BCUT2D eigenvalue weighted by Gasteiger charge is -2.08. The molecule has 3 amide bonds. The number of benzene rings is 3. The fourth-order valence-electron chi connectivity index (χ4n) is 2.65. The van der Waals surface area contributed by atoms with Crippen molar-refractivity contribution >= 4 is 29.1 Å². The Hall–Kier alpha value is -4.37. The van der Waals surface area contributed by atoms with Gasteiger partial charge in [-0.25, -0.2) is 0 Å². The van der Waals surface area contributed by atoms with Crippen molar-refractivity contribution in [2.45, 2.75) is 0 Å². The molecule has 0 fully saturated rings. The van der Waals surface area contributed by atoms with Crippen LogP contribution in [0.4, 0.5) is 11.4 Å². The maximum absolute atomic E-state index is 12.3. The van der Waals surface area contributed by atoms with Gasteiger partial charge in [0.15, 0.2) is 0 Å². The van der Waals surface area contributed by atoms with E-state index in [4.69, 9.17) is 6.42 Å². The van der Waals surface area contributed by atoms with Gasteiger partial charge in [0.1, 0.15) is 0 Å². The Labute approximate surface area is 174 Å². The van der Waals surface area contributed by atoms with Gasteiger partial charge in [0.25, 0.3) is 11.8 Å². The average Bonchev–Trinajstić information content (AvgIpc) is 2.78. The standard InChI is InChI=1S/C24H19N3O3/c1-2-17-7-6-10-21(15-17)26-22(28)16-25-23(29)18-11-13-19(14-12-18)24(30)27-20-8-4-3-5-9-20/h1,3-15H,16H2,(H,25,29)(H,26,28)(H,27,30). The minimum atomic E-state index is -0.419. The molecule has 30 heavy (non-hydrogen) atoms. The number of hydrogen-bond acceptors (Lipinski definition) is 3. The number of hydrogen-bond donors (Lipinski definition) is 3. The molecule has 0 saturated heterocycles. The molecule has 6 heteroatoms. The number of para-hydroxylation sites is 1. The predicted molar refractivity (Wildman–Crippen MR) is 116 cm³/mol. The first-order valence-corrected chi connectivity index (χ1v) is 9.16. The zero-order chi connectivity index (χ0) is 21.3. The molecule has 0 saturated carbocycles. The largest absolute Gasteiger partial charge is 0.343 e. The molecule has 0 aliphatic rings. The Kier molecular flexibility index (Phi) is 6.59. The second-order valence-corrected chi connectivity index (χ2v) is 6.35. The van der Waals surface area contributed by atoms with Crippen molar-refractivity contribution in [3.8, 4) is 12.3 Å². The highest BCUT2D eigenvalue weighted by Gasteiger charge is 2.11. The third kappa shape index (κ3) is 5.57. The van der Waals surface area contributed by atoms with Crippen molar-refractivity contribution in [3.63, 3.8) is 0 Å². The summed E-state index contributed by atoms with van der Waals surface area (Å²) in [6.07, 6.45) is 5.34. The molecule has 0 aliphatic carbocycles. The van der Waals surface area contributed by atoms with Crippen LogP contribution in [0.2, 0.25) is 0 Å². The molecule has 148 valence electrons. The Bertz CT molecular complexity index is 1100. The van der Waals surface area contributed by atoms with Gasteiger partial charge in [0.2, 0.25) is 5.91 Å². The van der Waals surface area contributed by atoms with E-state index in [-0.39, 0.29) is 18.4 Å². The summed E-state index contributed by atoms with van der Waals surface area (Å²) in [4.78, 5) is 36.5. The molecular weight excluding hydrogens is 378 g/mol. The minimum Gasteiger partial charge on any atom is -0.343 e. The van der Waals surface area contributed by atoms with Crippen LogP contribution in [-0.4, -0.2) is 24.3 Å². The van der Waals surface area contributed by atoms with E-state index >= 15 is 0 Å². The van der Waals surface area contributed by atoms with Gasteiger partial charge in [0.05, 0.1) is 6.54 Å². The van der Waals surface area contributed by atoms with Crippen LogP contribution in [0, 0.1) is 12.3 Å². The van der Waals surface area contributed by atoms with Crippen LogP contribution in [-0.2, 0) is 4.79 Å². The number of carbonyl (C=O) groups excluding carboxylic acids is 3. The highest BCUT2D eigenvalue weighted by Crippen LogP contribution is 2.11. The third-order valence-electron chi connectivity index (χ3n) is 4.16. The molecule has 3 N–H and O–H groups in total. The predicted octanol–water partition coefficient (Wildman–Crippen LogP) is 3.29. The third-order valence-corrected chi connectivity index (χ3v) is 4.16. The Morgan fingerprint density at radius 2 is 1.37 bits per heavy atom. The van der Waals surface area contributed by atoms with Crippen LogP contribution in [0.25, 0.3) is 0 Å².